The Morgan fingerprint density at radius 2 is 1.70 bits per heavy atom. The normalized spacial score (nSPS) is 15.3. The Kier molecular flexibility index (Phi) is 4.41. The molecular weight excluding hydrogens is 292 g/mol. The monoisotopic (exact) mass is 312 g/mol. The molecule has 0 aliphatic carbocycles. The molecule has 23 heavy (non-hydrogen) atoms. The molecule has 1 aromatic carbocycles. The average Bonchev–Trinajstić information content (AvgIpc) is 2.98. The number of hydrogen-bond acceptors (Lipinski definition) is 3. The molecular formula is C17H20N4O2. The number of hydrogen-bond donors (Lipinski definition) is 0. The molecule has 0 radical (unpaired) electrons. The molecule has 6 heteroatoms. The van der Waals surface area contributed by atoms with Crippen molar-refractivity contribution in [3.05, 3.63) is 48.3 Å². The lowest BCUT2D eigenvalue weighted by Gasteiger charge is -2.21. The maximum atomic E-state index is 12.6. The molecule has 0 bridgehead atoms. The summed E-state index contributed by atoms with van der Waals surface area (Å²) in [5, 5.41) is 4.17. The van der Waals surface area contributed by atoms with Crippen molar-refractivity contribution in [3.63, 3.8) is 0 Å². The molecule has 1 fully saturated rings. The molecule has 0 spiro atoms. The highest BCUT2D eigenvalue weighted by Crippen LogP contribution is 2.13. The topological polar surface area (TPSA) is 58.4 Å². The van der Waals surface area contributed by atoms with Gasteiger partial charge >= 0.3 is 0 Å². The van der Waals surface area contributed by atoms with Gasteiger partial charge in [-0.15, -0.1) is 0 Å². The van der Waals surface area contributed by atoms with Gasteiger partial charge in [0.2, 0.25) is 5.91 Å². The van der Waals surface area contributed by atoms with Gasteiger partial charge < -0.3 is 9.80 Å². The van der Waals surface area contributed by atoms with Crippen LogP contribution in [0.15, 0.2) is 42.7 Å². The van der Waals surface area contributed by atoms with Gasteiger partial charge in [0.25, 0.3) is 5.91 Å². The van der Waals surface area contributed by atoms with Crippen molar-refractivity contribution >= 4 is 11.8 Å². The Balaban J connectivity index is 1.69. The van der Waals surface area contributed by atoms with Gasteiger partial charge in [-0.1, -0.05) is 0 Å². The van der Waals surface area contributed by atoms with E-state index in [-0.39, 0.29) is 11.8 Å². The van der Waals surface area contributed by atoms with Crippen molar-refractivity contribution in [1.82, 2.24) is 19.6 Å². The standard InChI is InChI=1S/C17H20N4O2/c1-14(22)19-9-3-10-20(13-12-19)17(23)15-4-6-16(7-5-15)21-11-2-8-18-21/h2,4-8,11H,3,9-10,12-13H2,1H3. The first-order valence-corrected chi connectivity index (χ1v) is 7.80. The van der Waals surface area contributed by atoms with Gasteiger partial charge in [-0.2, -0.15) is 5.10 Å². The predicted octanol–water partition coefficient (Wildman–Crippen LogP) is 1.57. The lowest BCUT2D eigenvalue weighted by atomic mass is 10.1. The van der Waals surface area contributed by atoms with E-state index in [9.17, 15) is 9.59 Å². The molecule has 1 aromatic heterocycles. The average molecular weight is 312 g/mol. The number of rotatable bonds is 2. The molecule has 0 saturated carbocycles. The van der Waals surface area contributed by atoms with Crippen LogP contribution in [0.5, 0.6) is 0 Å². The second kappa shape index (κ2) is 6.64. The van der Waals surface area contributed by atoms with Crippen molar-refractivity contribution in [2.75, 3.05) is 26.2 Å². The van der Waals surface area contributed by atoms with Gasteiger partial charge in [-0.25, -0.2) is 4.68 Å². The first-order chi connectivity index (χ1) is 11.1. The molecule has 0 N–H and O–H groups in total. The molecule has 2 aromatic rings. The van der Waals surface area contributed by atoms with E-state index < -0.39 is 0 Å². The van der Waals surface area contributed by atoms with Crippen molar-refractivity contribution in [2.24, 2.45) is 0 Å². The fourth-order valence-corrected chi connectivity index (χ4v) is 2.80. The summed E-state index contributed by atoms with van der Waals surface area (Å²) in [6.07, 6.45) is 4.40. The maximum Gasteiger partial charge on any atom is 0.253 e. The first kappa shape index (κ1) is 15.3. The Morgan fingerprint density at radius 3 is 2.35 bits per heavy atom. The lowest BCUT2D eigenvalue weighted by Crippen LogP contribution is -2.36. The van der Waals surface area contributed by atoms with Crippen molar-refractivity contribution in [1.29, 1.82) is 0 Å². The third-order valence-corrected chi connectivity index (χ3v) is 4.11. The van der Waals surface area contributed by atoms with E-state index in [0.717, 1.165) is 18.7 Å². The summed E-state index contributed by atoms with van der Waals surface area (Å²) in [5.41, 5.74) is 1.59. The SMILES string of the molecule is CC(=O)N1CCCN(C(=O)c2ccc(-n3cccn3)cc2)CC1. The number of nitrogens with zero attached hydrogens (tertiary/aromatic N) is 4. The van der Waals surface area contributed by atoms with Crippen LogP contribution in [0.4, 0.5) is 0 Å². The van der Waals surface area contributed by atoms with Crippen LogP contribution < -0.4 is 0 Å². The number of carbonyl (C=O) groups excluding carboxylic acids is 2. The second-order valence-electron chi connectivity index (χ2n) is 5.65. The zero-order chi connectivity index (χ0) is 16.2. The zero-order valence-electron chi connectivity index (χ0n) is 13.2. The summed E-state index contributed by atoms with van der Waals surface area (Å²) in [4.78, 5) is 27.7. The second-order valence-corrected chi connectivity index (χ2v) is 5.65. The van der Waals surface area contributed by atoms with E-state index >= 15 is 0 Å². The van der Waals surface area contributed by atoms with Crippen molar-refractivity contribution in [3.8, 4) is 5.69 Å². The van der Waals surface area contributed by atoms with Gasteiger partial charge in [-0.05, 0) is 36.8 Å². The molecule has 6 nitrogen and oxygen atoms in total. The molecule has 120 valence electrons. The number of amides is 2. The van der Waals surface area contributed by atoms with Crippen LogP contribution in [0.3, 0.4) is 0 Å². The van der Waals surface area contributed by atoms with Gasteiger partial charge in [0.05, 0.1) is 5.69 Å². The number of aromatic nitrogens is 2. The third kappa shape index (κ3) is 3.41. The smallest absolute Gasteiger partial charge is 0.253 e. The Bertz CT molecular complexity index is 679. The summed E-state index contributed by atoms with van der Waals surface area (Å²) in [6.45, 7) is 4.16. The van der Waals surface area contributed by atoms with Crippen molar-refractivity contribution in [2.45, 2.75) is 13.3 Å². The molecule has 2 amide bonds. The van der Waals surface area contributed by atoms with E-state index in [2.05, 4.69) is 5.10 Å². The Labute approximate surface area is 135 Å². The minimum absolute atomic E-state index is 0.0161. The minimum Gasteiger partial charge on any atom is -0.341 e. The number of benzene rings is 1. The van der Waals surface area contributed by atoms with E-state index in [4.69, 9.17) is 0 Å². The Morgan fingerprint density at radius 1 is 1.00 bits per heavy atom. The first-order valence-electron chi connectivity index (χ1n) is 7.80. The van der Waals surface area contributed by atoms with Crippen LogP contribution in [-0.2, 0) is 4.79 Å². The summed E-state index contributed by atoms with van der Waals surface area (Å²) < 4.78 is 1.75. The Hall–Kier alpha value is -2.63. The predicted molar refractivity (Wildman–Crippen MR) is 86.3 cm³/mol. The highest BCUT2D eigenvalue weighted by molar-refractivity contribution is 5.94. The molecule has 3 rings (SSSR count). The van der Waals surface area contributed by atoms with Gasteiger partial charge in [0, 0.05) is 51.1 Å². The van der Waals surface area contributed by atoms with E-state index in [1.54, 1.807) is 22.7 Å². The molecule has 2 heterocycles. The number of carbonyl (C=O) groups is 2. The summed E-state index contributed by atoms with van der Waals surface area (Å²) in [6, 6.07) is 9.29. The fraction of sp³-hybridized carbons (Fsp3) is 0.353. The van der Waals surface area contributed by atoms with Crippen LogP contribution in [0, 0.1) is 0 Å². The van der Waals surface area contributed by atoms with E-state index in [1.807, 2.05) is 41.4 Å². The van der Waals surface area contributed by atoms with E-state index in [1.165, 1.54) is 0 Å². The largest absolute Gasteiger partial charge is 0.341 e. The third-order valence-electron chi connectivity index (χ3n) is 4.11. The minimum atomic E-state index is 0.0161. The fourth-order valence-electron chi connectivity index (χ4n) is 2.80. The van der Waals surface area contributed by atoms with E-state index in [0.29, 0.717) is 25.2 Å². The van der Waals surface area contributed by atoms with Crippen LogP contribution in [0.2, 0.25) is 0 Å². The van der Waals surface area contributed by atoms with Gasteiger partial charge in [-0.3, -0.25) is 9.59 Å². The summed E-state index contributed by atoms with van der Waals surface area (Å²) >= 11 is 0. The summed E-state index contributed by atoms with van der Waals surface area (Å²) in [5.74, 6) is 0.0882. The summed E-state index contributed by atoms with van der Waals surface area (Å²) in [7, 11) is 0. The molecule has 1 aliphatic heterocycles. The van der Waals surface area contributed by atoms with Crippen LogP contribution in [-0.4, -0.2) is 57.6 Å². The molecule has 1 aliphatic rings. The zero-order valence-corrected chi connectivity index (χ0v) is 13.2. The van der Waals surface area contributed by atoms with Gasteiger partial charge in [0.1, 0.15) is 0 Å². The van der Waals surface area contributed by atoms with Crippen LogP contribution in [0.1, 0.15) is 23.7 Å². The highest BCUT2D eigenvalue weighted by atomic mass is 16.2. The molecule has 0 atom stereocenters. The molecule has 1 saturated heterocycles. The highest BCUT2D eigenvalue weighted by Gasteiger charge is 2.21. The molecule has 0 unspecified atom stereocenters. The van der Waals surface area contributed by atoms with Crippen molar-refractivity contribution < 1.29 is 9.59 Å². The lowest BCUT2D eigenvalue weighted by molar-refractivity contribution is -0.128. The van der Waals surface area contributed by atoms with Gasteiger partial charge in [0.15, 0.2) is 0 Å². The van der Waals surface area contributed by atoms with Crippen LogP contribution >= 0.6 is 0 Å². The van der Waals surface area contributed by atoms with Crippen LogP contribution in [0.25, 0.3) is 5.69 Å². The quantitative estimate of drug-likeness (QED) is 0.846. The maximum absolute atomic E-state index is 12.6.